The highest BCUT2D eigenvalue weighted by atomic mass is 16.2. The highest BCUT2D eigenvalue weighted by Gasteiger charge is 2.47. The molecule has 0 bridgehead atoms. The summed E-state index contributed by atoms with van der Waals surface area (Å²) in [5, 5.41) is 2.95. The zero-order chi connectivity index (χ0) is 8.32. The first-order valence-corrected chi connectivity index (χ1v) is 4.53. The number of nitrogens with one attached hydrogen (secondary N) is 1. The van der Waals surface area contributed by atoms with Gasteiger partial charge in [-0.15, -0.1) is 0 Å². The Morgan fingerprint density at radius 3 is 2.45 bits per heavy atom. The largest absolute Gasteiger partial charge is 0.356 e. The lowest BCUT2D eigenvalue weighted by Gasteiger charge is -2.11. The fourth-order valence-electron chi connectivity index (χ4n) is 1.32. The minimum absolute atomic E-state index is 0.0508. The summed E-state index contributed by atoms with van der Waals surface area (Å²) in [5.74, 6) is 0.279. The smallest absolute Gasteiger partial charge is 0.226 e. The monoisotopic (exact) mass is 155 g/mol. The van der Waals surface area contributed by atoms with Gasteiger partial charge in [-0.2, -0.15) is 0 Å². The molecule has 11 heavy (non-hydrogen) atoms. The van der Waals surface area contributed by atoms with Gasteiger partial charge in [-0.1, -0.05) is 13.8 Å². The molecule has 64 valence electrons. The number of amides is 1. The van der Waals surface area contributed by atoms with Crippen LogP contribution in [-0.2, 0) is 4.79 Å². The Bertz CT molecular complexity index is 150. The van der Waals surface area contributed by atoms with Gasteiger partial charge in [0.05, 0.1) is 0 Å². The molecule has 0 saturated heterocycles. The van der Waals surface area contributed by atoms with Crippen molar-refractivity contribution in [1.29, 1.82) is 0 Å². The minimum atomic E-state index is 0.0508. The molecule has 1 aliphatic rings. The average molecular weight is 155 g/mol. The van der Waals surface area contributed by atoms with Crippen molar-refractivity contribution in [2.75, 3.05) is 6.54 Å². The molecule has 1 N–H and O–H groups in total. The van der Waals surface area contributed by atoms with Crippen LogP contribution in [0.3, 0.4) is 0 Å². The molecule has 0 aromatic heterocycles. The zero-order valence-electron chi connectivity index (χ0n) is 7.44. The molecule has 1 amide bonds. The van der Waals surface area contributed by atoms with E-state index in [1.807, 2.05) is 0 Å². The summed E-state index contributed by atoms with van der Waals surface area (Å²) in [5.41, 5.74) is 0.0508. The first-order chi connectivity index (χ1) is 5.25. The Kier molecular flexibility index (Phi) is 2.53. The van der Waals surface area contributed by atoms with Crippen LogP contribution in [-0.4, -0.2) is 12.5 Å². The fourth-order valence-corrected chi connectivity index (χ4v) is 1.32. The van der Waals surface area contributed by atoms with Gasteiger partial charge in [0.15, 0.2) is 0 Å². The van der Waals surface area contributed by atoms with Gasteiger partial charge in [0.1, 0.15) is 0 Å². The van der Waals surface area contributed by atoms with Crippen molar-refractivity contribution >= 4 is 5.91 Å². The minimum Gasteiger partial charge on any atom is -0.356 e. The van der Waals surface area contributed by atoms with E-state index in [0.29, 0.717) is 0 Å². The van der Waals surface area contributed by atoms with Crippen LogP contribution >= 0.6 is 0 Å². The lowest BCUT2D eigenvalue weighted by molar-refractivity contribution is -0.126. The summed E-state index contributed by atoms with van der Waals surface area (Å²) < 4.78 is 0. The molecule has 2 nitrogen and oxygen atoms in total. The van der Waals surface area contributed by atoms with E-state index in [4.69, 9.17) is 0 Å². The van der Waals surface area contributed by atoms with E-state index >= 15 is 0 Å². The van der Waals surface area contributed by atoms with Gasteiger partial charge in [0.25, 0.3) is 0 Å². The van der Waals surface area contributed by atoms with Crippen molar-refractivity contribution in [3.05, 3.63) is 0 Å². The molecule has 2 heteroatoms. The quantitative estimate of drug-likeness (QED) is 0.657. The van der Waals surface area contributed by atoms with E-state index in [0.717, 1.165) is 32.2 Å². The predicted molar refractivity (Wildman–Crippen MR) is 45.3 cm³/mol. The first kappa shape index (κ1) is 8.57. The summed E-state index contributed by atoms with van der Waals surface area (Å²) in [4.78, 5) is 11.4. The van der Waals surface area contributed by atoms with Crippen LogP contribution in [0, 0.1) is 5.41 Å². The number of carbonyl (C=O) groups excluding carboxylic acids is 1. The third-order valence-electron chi connectivity index (χ3n) is 2.55. The summed E-state index contributed by atoms with van der Waals surface area (Å²) in [6.07, 6.45) is 4.23. The van der Waals surface area contributed by atoms with Gasteiger partial charge in [-0.3, -0.25) is 4.79 Å². The second kappa shape index (κ2) is 3.24. The van der Waals surface area contributed by atoms with Crippen LogP contribution in [0.25, 0.3) is 0 Å². The van der Waals surface area contributed by atoms with Crippen LogP contribution in [0.15, 0.2) is 0 Å². The van der Waals surface area contributed by atoms with Crippen LogP contribution in [0.5, 0.6) is 0 Å². The Balaban J connectivity index is 2.29. The molecular weight excluding hydrogens is 138 g/mol. The van der Waals surface area contributed by atoms with Gasteiger partial charge >= 0.3 is 0 Å². The summed E-state index contributed by atoms with van der Waals surface area (Å²) in [6, 6.07) is 0. The van der Waals surface area contributed by atoms with E-state index in [1.165, 1.54) is 0 Å². The molecule has 0 spiro atoms. The molecule has 1 saturated carbocycles. The van der Waals surface area contributed by atoms with Crippen LogP contribution in [0.1, 0.15) is 39.5 Å². The van der Waals surface area contributed by atoms with Crippen LogP contribution < -0.4 is 5.32 Å². The predicted octanol–water partition coefficient (Wildman–Crippen LogP) is 1.70. The standard InChI is InChI=1S/C9H17NO/c1-3-7-10-8(11)9(4-2)5-6-9/h3-7H2,1-2H3,(H,10,11). The van der Waals surface area contributed by atoms with E-state index in [2.05, 4.69) is 19.2 Å². The number of carbonyl (C=O) groups is 1. The van der Waals surface area contributed by atoms with Gasteiger partial charge in [0.2, 0.25) is 5.91 Å². The molecule has 0 heterocycles. The Hall–Kier alpha value is -0.530. The van der Waals surface area contributed by atoms with Crippen molar-refractivity contribution in [3.8, 4) is 0 Å². The van der Waals surface area contributed by atoms with Crippen molar-refractivity contribution < 1.29 is 4.79 Å². The van der Waals surface area contributed by atoms with Gasteiger partial charge in [-0.25, -0.2) is 0 Å². The van der Waals surface area contributed by atoms with E-state index in [-0.39, 0.29) is 11.3 Å². The van der Waals surface area contributed by atoms with Gasteiger partial charge in [-0.05, 0) is 25.7 Å². The summed E-state index contributed by atoms with van der Waals surface area (Å²) in [6.45, 7) is 5.00. The number of hydrogen-bond acceptors (Lipinski definition) is 1. The Morgan fingerprint density at radius 2 is 2.09 bits per heavy atom. The van der Waals surface area contributed by atoms with Gasteiger partial charge in [0, 0.05) is 12.0 Å². The number of hydrogen-bond donors (Lipinski definition) is 1. The second-order valence-corrected chi connectivity index (χ2v) is 3.39. The first-order valence-electron chi connectivity index (χ1n) is 4.53. The van der Waals surface area contributed by atoms with Crippen molar-refractivity contribution in [2.24, 2.45) is 5.41 Å². The van der Waals surface area contributed by atoms with Crippen LogP contribution in [0.4, 0.5) is 0 Å². The second-order valence-electron chi connectivity index (χ2n) is 3.39. The lowest BCUT2D eigenvalue weighted by atomic mass is 10.0. The lowest BCUT2D eigenvalue weighted by Crippen LogP contribution is -2.32. The molecule has 0 unspecified atom stereocenters. The molecule has 1 aliphatic carbocycles. The topological polar surface area (TPSA) is 29.1 Å². The maximum atomic E-state index is 11.4. The Labute approximate surface area is 68.4 Å². The average Bonchev–Trinajstić information content (AvgIpc) is 2.80. The normalized spacial score (nSPS) is 19.5. The maximum absolute atomic E-state index is 11.4. The van der Waals surface area contributed by atoms with Crippen molar-refractivity contribution in [3.63, 3.8) is 0 Å². The number of rotatable bonds is 4. The SMILES string of the molecule is CCCNC(=O)C1(CC)CC1. The molecule has 0 radical (unpaired) electrons. The molecular formula is C9H17NO. The third-order valence-corrected chi connectivity index (χ3v) is 2.55. The summed E-state index contributed by atoms with van der Waals surface area (Å²) >= 11 is 0. The third kappa shape index (κ3) is 1.73. The highest BCUT2D eigenvalue weighted by Crippen LogP contribution is 2.48. The molecule has 0 aliphatic heterocycles. The Morgan fingerprint density at radius 1 is 1.45 bits per heavy atom. The highest BCUT2D eigenvalue weighted by molar-refractivity contribution is 5.85. The van der Waals surface area contributed by atoms with Crippen molar-refractivity contribution in [2.45, 2.75) is 39.5 Å². The fraction of sp³-hybridized carbons (Fsp3) is 0.889. The summed E-state index contributed by atoms with van der Waals surface area (Å²) in [7, 11) is 0. The van der Waals surface area contributed by atoms with E-state index in [1.54, 1.807) is 0 Å². The maximum Gasteiger partial charge on any atom is 0.226 e. The molecule has 1 fully saturated rings. The molecule has 0 atom stereocenters. The van der Waals surface area contributed by atoms with Crippen LogP contribution in [0.2, 0.25) is 0 Å². The van der Waals surface area contributed by atoms with Gasteiger partial charge < -0.3 is 5.32 Å². The van der Waals surface area contributed by atoms with E-state index < -0.39 is 0 Å². The van der Waals surface area contributed by atoms with E-state index in [9.17, 15) is 4.79 Å². The molecule has 1 rings (SSSR count). The molecule has 0 aromatic rings. The zero-order valence-corrected chi connectivity index (χ0v) is 7.44. The molecule has 0 aromatic carbocycles. The van der Waals surface area contributed by atoms with Crippen molar-refractivity contribution in [1.82, 2.24) is 5.32 Å².